The molecule has 0 unspecified atom stereocenters. The molecule has 0 aliphatic heterocycles. The van der Waals surface area contributed by atoms with E-state index in [4.69, 9.17) is 4.74 Å². The summed E-state index contributed by atoms with van der Waals surface area (Å²) in [6.45, 7) is 5.10. The van der Waals surface area contributed by atoms with Gasteiger partial charge in [0.25, 0.3) is 0 Å². The smallest absolute Gasteiger partial charge is 0.410 e. The monoisotopic (exact) mass is 370 g/mol. The van der Waals surface area contributed by atoms with Crippen LogP contribution >= 0.6 is 0 Å². The Balaban J connectivity index is 1.96. The minimum Gasteiger partial charge on any atom is -0.410 e. The first kappa shape index (κ1) is 18.0. The van der Waals surface area contributed by atoms with Gasteiger partial charge in [0.05, 0.1) is 5.52 Å². The maximum absolute atomic E-state index is 12.6. The molecule has 4 nitrogen and oxygen atoms in total. The second-order valence-electron chi connectivity index (χ2n) is 6.58. The molecule has 1 aromatic heterocycles. The van der Waals surface area contributed by atoms with Gasteiger partial charge < -0.3 is 9.64 Å². The van der Waals surface area contributed by atoms with Crippen LogP contribution in [0.1, 0.15) is 13.8 Å². The normalized spacial score (nSPS) is 10.9. The fourth-order valence-corrected chi connectivity index (χ4v) is 3.56. The molecule has 0 aliphatic rings. The molecule has 0 saturated heterocycles. The average molecular weight is 370 g/mol. The lowest BCUT2D eigenvalue weighted by Crippen LogP contribution is -2.33. The third-order valence-corrected chi connectivity index (χ3v) is 5.01. The number of para-hydroxylation sites is 1. The molecular formula is C24H22N2O2. The lowest BCUT2D eigenvalue weighted by molar-refractivity contribution is 0.157. The van der Waals surface area contributed by atoms with E-state index in [0.29, 0.717) is 18.8 Å². The topological polar surface area (TPSA) is 42.4 Å². The number of ether oxygens (including phenoxy) is 1. The molecule has 3 aromatic carbocycles. The van der Waals surface area contributed by atoms with Crippen molar-refractivity contribution in [3.63, 3.8) is 0 Å². The van der Waals surface area contributed by atoms with Crippen LogP contribution in [0.3, 0.4) is 0 Å². The van der Waals surface area contributed by atoms with Crippen molar-refractivity contribution < 1.29 is 9.53 Å². The highest BCUT2D eigenvalue weighted by molar-refractivity contribution is 6.06. The summed E-state index contributed by atoms with van der Waals surface area (Å²) in [5, 5.41) is 3.17. The molecule has 0 fully saturated rings. The number of aromatic nitrogens is 1. The maximum Gasteiger partial charge on any atom is 0.415 e. The van der Waals surface area contributed by atoms with E-state index in [1.54, 1.807) is 11.1 Å². The van der Waals surface area contributed by atoms with Gasteiger partial charge in [-0.3, -0.25) is 4.98 Å². The number of hydrogen-bond donors (Lipinski definition) is 0. The van der Waals surface area contributed by atoms with Crippen molar-refractivity contribution in [1.29, 1.82) is 0 Å². The molecule has 1 amide bonds. The number of pyridine rings is 1. The van der Waals surface area contributed by atoms with Crippen LogP contribution < -0.4 is 4.74 Å². The van der Waals surface area contributed by atoms with Gasteiger partial charge in [0, 0.05) is 35.8 Å². The van der Waals surface area contributed by atoms with Crippen molar-refractivity contribution in [1.82, 2.24) is 9.88 Å². The van der Waals surface area contributed by atoms with E-state index in [0.717, 1.165) is 32.8 Å². The number of fused-ring (bicyclic) bond motifs is 2. The predicted octanol–water partition coefficient (Wildman–Crippen LogP) is 5.90. The standard InChI is InChI=1S/C24H22N2O2/c1-3-26(4-2)24(27)28-21-15-14-17-9-5-6-12-19(17)22(21)20-13-7-10-18-11-8-16-25-23(18)20/h5-16H,3-4H2,1-2H3. The number of nitrogens with zero attached hydrogens (tertiary/aromatic N) is 2. The molecule has 0 radical (unpaired) electrons. The fourth-order valence-electron chi connectivity index (χ4n) is 3.56. The van der Waals surface area contributed by atoms with Crippen LogP contribution in [0.15, 0.2) is 72.9 Å². The molecular weight excluding hydrogens is 348 g/mol. The minimum atomic E-state index is -0.338. The van der Waals surface area contributed by atoms with E-state index in [-0.39, 0.29) is 6.09 Å². The van der Waals surface area contributed by atoms with Gasteiger partial charge >= 0.3 is 6.09 Å². The number of rotatable bonds is 4. The lowest BCUT2D eigenvalue weighted by atomic mass is 9.95. The number of carbonyl (C=O) groups excluding carboxylic acids is 1. The SMILES string of the molecule is CCN(CC)C(=O)Oc1ccc2ccccc2c1-c1cccc2cccnc12. The molecule has 4 heteroatoms. The van der Waals surface area contributed by atoms with Crippen molar-refractivity contribution in [2.45, 2.75) is 13.8 Å². The molecule has 1 heterocycles. The predicted molar refractivity (Wildman–Crippen MR) is 114 cm³/mol. The molecule has 0 spiro atoms. The van der Waals surface area contributed by atoms with Crippen molar-refractivity contribution in [3.05, 3.63) is 72.9 Å². The Morgan fingerprint density at radius 2 is 1.64 bits per heavy atom. The van der Waals surface area contributed by atoms with Crippen LogP contribution in [0.5, 0.6) is 5.75 Å². The van der Waals surface area contributed by atoms with Crippen LogP contribution in [-0.2, 0) is 0 Å². The van der Waals surface area contributed by atoms with E-state index >= 15 is 0 Å². The summed E-state index contributed by atoms with van der Waals surface area (Å²) >= 11 is 0. The second kappa shape index (κ2) is 7.69. The molecule has 0 N–H and O–H groups in total. The average Bonchev–Trinajstić information content (AvgIpc) is 2.74. The Bertz CT molecular complexity index is 1140. The van der Waals surface area contributed by atoms with E-state index in [1.165, 1.54) is 0 Å². The zero-order valence-corrected chi connectivity index (χ0v) is 16.1. The van der Waals surface area contributed by atoms with Gasteiger partial charge in [-0.1, -0.05) is 54.6 Å². The summed E-state index contributed by atoms with van der Waals surface area (Å²) in [6.07, 6.45) is 1.45. The van der Waals surface area contributed by atoms with Gasteiger partial charge in [0.15, 0.2) is 0 Å². The third-order valence-electron chi connectivity index (χ3n) is 5.01. The lowest BCUT2D eigenvalue weighted by Gasteiger charge is -2.20. The zero-order chi connectivity index (χ0) is 19.5. The maximum atomic E-state index is 12.6. The first-order chi connectivity index (χ1) is 13.7. The number of hydrogen-bond acceptors (Lipinski definition) is 3. The largest absolute Gasteiger partial charge is 0.415 e. The third kappa shape index (κ3) is 3.18. The highest BCUT2D eigenvalue weighted by Crippen LogP contribution is 2.40. The van der Waals surface area contributed by atoms with Crippen molar-refractivity contribution in [2.75, 3.05) is 13.1 Å². The molecule has 140 valence electrons. The van der Waals surface area contributed by atoms with Crippen molar-refractivity contribution in [2.24, 2.45) is 0 Å². The second-order valence-corrected chi connectivity index (χ2v) is 6.58. The highest BCUT2D eigenvalue weighted by Gasteiger charge is 2.19. The molecule has 28 heavy (non-hydrogen) atoms. The molecule has 0 saturated carbocycles. The first-order valence-corrected chi connectivity index (χ1v) is 9.55. The van der Waals surface area contributed by atoms with E-state index in [2.05, 4.69) is 17.1 Å². The Kier molecular flexibility index (Phi) is 4.94. The first-order valence-electron chi connectivity index (χ1n) is 9.55. The Morgan fingerprint density at radius 3 is 2.46 bits per heavy atom. The zero-order valence-electron chi connectivity index (χ0n) is 16.1. The summed E-state index contributed by atoms with van der Waals surface area (Å²) in [7, 11) is 0. The van der Waals surface area contributed by atoms with Crippen LogP contribution in [0.4, 0.5) is 4.79 Å². The molecule has 4 aromatic rings. The molecule has 0 bridgehead atoms. The van der Waals surface area contributed by atoms with Crippen LogP contribution in [-0.4, -0.2) is 29.1 Å². The van der Waals surface area contributed by atoms with Crippen molar-refractivity contribution in [3.8, 4) is 16.9 Å². The van der Waals surface area contributed by atoms with E-state index in [1.807, 2.05) is 68.4 Å². The van der Waals surface area contributed by atoms with Gasteiger partial charge in [-0.25, -0.2) is 4.79 Å². The number of carbonyl (C=O) groups is 1. The van der Waals surface area contributed by atoms with Gasteiger partial charge in [-0.15, -0.1) is 0 Å². The van der Waals surface area contributed by atoms with Crippen LogP contribution in [0.2, 0.25) is 0 Å². The Morgan fingerprint density at radius 1 is 0.893 bits per heavy atom. The summed E-state index contributed by atoms with van der Waals surface area (Å²) in [4.78, 5) is 18.9. The molecule has 4 rings (SSSR count). The molecule has 0 atom stereocenters. The number of amides is 1. The van der Waals surface area contributed by atoms with Crippen molar-refractivity contribution >= 4 is 27.8 Å². The van der Waals surface area contributed by atoms with Gasteiger partial charge in [0.2, 0.25) is 0 Å². The summed E-state index contributed by atoms with van der Waals surface area (Å²) in [5.41, 5.74) is 2.74. The minimum absolute atomic E-state index is 0.338. The van der Waals surface area contributed by atoms with Crippen LogP contribution in [0.25, 0.3) is 32.8 Å². The summed E-state index contributed by atoms with van der Waals surface area (Å²) < 4.78 is 5.86. The highest BCUT2D eigenvalue weighted by atomic mass is 16.6. The summed E-state index contributed by atoms with van der Waals surface area (Å²) in [6, 6.07) is 22.0. The van der Waals surface area contributed by atoms with Gasteiger partial charge in [0.1, 0.15) is 5.75 Å². The quantitative estimate of drug-likeness (QED) is 0.449. The fraction of sp³-hybridized carbons (Fsp3) is 0.167. The number of benzene rings is 3. The molecule has 0 aliphatic carbocycles. The van der Waals surface area contributed by atoms with Crippen LogP contribution in [0, 0.1) is 0 Å². The van der Waals surface area contributed by atoms with E-state index in [9.17, 15) is 4.79 Å². The van der Waals surface area contributed by atoms with Gasteiger partial charge in [-0.05, 0) is 36.8 Å². The van der Waals surface area contributed by atoms with E-state index < -0.39 is 0 Å². The van der Waals surface area contributed by atoms with Gasteiger partial charge in [-0.2, -0.15) is 0 Å². The Labute approximate surface area is 164 Å². The summed E-state index contributed by atoms with van der Waals surface area (Å²) in [5.74, 6) is 0.550. The Hall–Kier alpha value is -3.40.